The summed E-state index contributed by atoms with van der Waals surface area (Å²) in [6, 6.07) is 6.87. The highest BCUT2D eigenvalue weighted by Crippen LogP contribution is 2.35. The first kappa shape index (κ1) is 19.8. The Bertz CT molecular complexity index is 1100. The molecule has 2 aliphatic rings. The lowest BCUT2D eigenvalue weighted by Gasteiger charge is -2.40. The highest BCUT2D eigenvalue weighted by Gasteiger charge is 2.30. The fraction of sp³-hybridized carbons (Fsp3) is 0.478. The van der Waals surface area contributed by atoms with Gasteiger partial charge in [0.05, 0.1) is 18.3 Å². The average molecular weight is 427 g/mol. The Balaban J connectivity index is 1.39. The van der Waals surface area contributed by atoms with E-state index in [1.807, 2.05) is 0 Å². The molecule has 30 heavy (non-hydrogen) atoms. The normalized spacial score (nSPS) is 20.5. The average Bonchev–Trinajstić information content (AvgIpc) is 3.15. The van der Waals surface area contributed by atoms with Gasteiger partial charge < -0.3 is 4.90 Å². The van der Waals surface area contributed by atoms with Crippen LogP contribution in [0.15, 0.2) is 35.4 Å². The van der Waals surface area contributed by atoms with Gasteiger partial charge in [-0.2, -0.15) is 0 Å². The van der Waals surface area contributed by atoms with Gasteiger partial charge in [-0.25, -0.2) is 9.37 Å². The van der Waals surface area contributed by atoms with Gasteiger partial charge >= 0.3 is 0 Å². The molecule has 0 amide bonds. The second-order valence-electron chi connectivity index (χ2n) is 8.35. The molecule has 1 aromatic carbocycles. The Morgan fingerprint density at radius 2 is 1.93 bits per heavy atom. The molecule has 1 saturated heterocycles. The van der Waals surface area contributed by atoms with E-state index in [1.54, 1.807) is 34.4 Å². The summed E-state index contributed by atoms with van der Waals surface area (Å²) in [5.41, 5.74) is 2.14. The maximum Gasteiger partial charge on any atom is 0.262 e. The van der Waals surface area contributed by atoms with Crippen molar-refractivity contribution in [2.24, 2.45) is 0 Å². The van der Waals surface area contributed by atoms with Gasteiger partial charge in [0.25, 0.3) is 5.56 Å². The van der Waals surface area contributed by atoms with E-state index in [2.05, 4.69) is 21.7 Å². The molecule has 2 aromatic heterocycles. The lowest BCUT2D eigenvalue weighted by atomic mass is 9.91. The van der Waals surface area contributed by atoms with E-state index in [9.17, 15) is 9.18 Å². The molecule has 0 saturated carbocycles. The SMILES string of the molecule is CCN1CCN(C2CCc3c(sc4ncn(Cc5ccc(F)cc5)c(=O)c34)C2)CC1. The molecule has 7 heteroatoms. The molecule has 5 rings (SSSR count). The van der Waals surface area contributed by atoms with Crippen LogP contribution in [0.4, 0.5) is 4.39 Å². The third-order valence-electron chi connectivity index (χ3n) is 6.65. The zero-order chi connectivity index (χ0) is 20.7. The lowest BCUT2D eigenvalue weighted by molar-refractivity contribution is 0.0932. The molecule has 0 N–H and O–H groups in total. The van der Waals surface area contributed by atoms with Gasteiger partial charge in [-0.05, 0) is 49.1 Å². The summed E-state index contributed by atoms with van der Waals surface area (Å²) in [4.78, 5) is 25.2. The minimum atomic E-state index is -0.266. The van der Waals surface area contributed by atoms with Gasteiger partial charge in [-0.15, -0.1) is 11.3 Å². The first-order chi connectivity index (χ1) is 14.6. The monoisotopic (exact) mass is 426 g/mol. The van der Waals surface area contributed by atoms with Crippen molar-refractivity contribution in [3.05, 3.63) is 62.8 Å². The highest BCUT2D eigenvalue weighted by atomic mass is 32.1. The molecular weight excluding hydrogens is 399 g/mol. The number of aryl methyl sites for hydroxylation is 1. The largest absolute Gasteiger partial charge is 0.301 e. The van der Waals surface area contributed by atoms with Crippen LogP contribution in [-0.4, -0.2) is 58.1 Å². The van der Waals surface area contributed by atoms with Gasteiger partial charge in [-0.1, -0.05) is 19.1 Å². The van der Waals surface area contributed by atoms with E-state index in [-0.39, 0.29) is 11.4 Å². The topological polar surface area (TPSA) is 41.4 Å². The lowest BCUT2D eigenvalue weighted by Crippen LogP contribution is -2.51. The van der Waals surface area contributed by atoms with Crippen molar-refractivity contribution in [1.29, 1.82) is 0 Å². The number of hydrogen-bond donors (Lipinski definition) is 0. The number of piperazine rings is 1. The fourth-order valence-corrected chi connectivity index (χ4v) is 6.09. The quantitative estimate of drug-likeness (QED) is 0.643. The Kier molecular flexibility index (Phi) is 5.43. The maximum absolute atomic E-state index is 13.2. The van der Waals surface area contributed by atoms with Crippen molar-refractivity contribution >= 4 is 21.6 Å². The first-order valence-electron chi connectivity index (χ1n) is 10.8. The molecule has 1 aliphatic heterocycles. The molecule has 0 spiro atoms. The van der Waals surface area contributed by atoms with Crippen LogP contribution in [0.3, 0.4) is 0 Å². The summed E-state index contributed by atoms with van der Waals surface area (Å²) in [5.74, 6) is -0.266. The summed E-state index contributed by atoms with van der Waals surface area (Å²) in [6.45, 7) is 8.37. The van der Waals surface area contributed by atoms with Gasteiger partial charge in [-0.3, -0.25) is 14.3 Å². The second-order valence-corrected chi connectivity index (χ2v) is 9.44. The molecule has 1 fully saturated rings. The zero-order valence-corrected chi connectivity index (χ0v) is 18.1. The van der Waals surface area contributed by atoms with Crippen LogP contribution in [0.5, 0.6) is 0 Å². The van der Waals surface area contributed by atoms with E-state index in [0.29, 0.717) is 12.6 Å². The number of nitrogens with zero attached hydrogens (tertiary/aromatic N) is 4. The van der Waals surface area contributed by atoms with Crippen molar-refractivity contribution in [2.75, 3.05) is 32.7 Å². The van der Waals surface area contributed by atoms with Crippen molar-refractivity contribution in [3.8, 4) is 0 Å². The van der Waals surface area contributed by atoms with Gasteiger partial charge in [0.2, 0.25) is 0 Å². The van der Waals surface area contributed by atoms with Crippen LogP contribution in [0.1, 0.15) is 29.3 Å². The Hall–Kier alpha value is -2.09. The molecule has 0 bridgehead atoms. The summed E-state index contributed by atoms with van der Waals surface area (Å²) < 4.78 is 14.8. The molecule has 1 unspecified atom stereocenters. The molecule has 0 radical (unpaired) electrons. The predicted molar refractivity (Wildman–Crippen MR) is 119 cm³/mol. The van der Waals surface area contributed by atoms with E-state index in [0.717, 1.165) is 67.8 Å². The molecular formula is C23H27FN4OS. The van der Waals surface area contributed by atoms with Crippen molar-refractivity contribution in [1.82, 2.24) is 19.4 Å². The number of hydrogen-bond acceptors (Lipinski definition) is 5. The van der Waals surface area contributed by atoms with E-state index < -0.39 is 0 Å². The third kappa shape index (κ3) is 3.70. The van der Waals surface area contributed by atoms with E-state index in [4.69, 9.17) is 0 Å². The summed E-state index contributed by atoms with van der Waals surface area (Å²) in [5, 5.41) is 0.800. The molecule has 5 nitrogen and oxygen atoms in total. The summed E-state index contributed by atoms with van der Waals surface area (Å²) >= 11 is 1.69. The number of benzene rings is 1. The van der Waals surface area contributed by atoms with Crippen LogP contribution in [0.25, 0.3) is 10.2 Å². The molecule has 158 valence electrons. The van der Waals surface area contributed by atoms with Gasteiger partial charge in [0.15, 0.2) is 0 Å². The molecule has 3 aromatic rings. The summed E-state index contributed by atoms with van der Waals surface area (Å²) in [6.07, 6.45) is 4.72. The third-order valence-corrected chi connectivity index (χ3v) is 7.81. The van der Waals surface area contributed by atoms with Crippen LogP contribution in [-0.2, 0) is 19.4 Å². The van der Waals surface area contributed by atoms with Gasteiger partial charge in [0, 0.05) is 37.1 Å². The first-order valence-corrected chi connectivity index (χ1v) is 11.6. The second kappa shape index (κ2) is 8.21. The van der Waals surface area contributed by atoms with Crippen LogP contribution < -0.4 is 5.56 Å². The minimum absolute atomic E-state index is 0.0248. The predicted octanol–water partition coefficient (Wildman–Crippen LogP) is 3.14. The van der Waals surface area contributed by atoms with Crippen LogP contribution >= 0.6 is 11.3 Å². The van der Waals surface area contributed by atoms with E-state index in [1.165, 1.54) is 22.6 Å². The minimum Gasteiger partial charge on any atom is -0.301 e. The molecule has 3 heterocycles. The zero-order valence-electron chi connectivity index (χ0n) is 17.3. The number of likely N-dealkylation sites (N-methyl/N-ethyl adjacent to an activating group) is 1. The number of thiophene rings is 1. The Morgan fingerprint density at radius 1 is 1.17 bits per heavy atom. The van der Waals surface area contributed by atoms with Crippen molar-refractivity contribution in [3.63, 3.8) is 0 Å². The number of aromatic nitrogens is 2. The van der Waals surface area contributed by atoms with E-state index >= 15 is 0 Å². The summed E-state index contributed by atoms with van der Waals surface area (Å²) in [7, 11) is 0. The number of halogens is 1. The Morgan fingerprint density at radius 3 is 2.67 bits per heavy atom. The number of fused-ring (bicyclic) bond motifs is 3. The Labute approximate surface area is 179 Å². The highest BCUT2D eigenvalue weighted by molar-refractivity contribution is 7.18. The molecule has 1 aliphatic carbocycles. The van der Waals surface area contributed by atoms with Crippen LogP contribution in [0.2, 0.25) is 0 Å². The fourth-order valence-electron chi connectivity index (χ4n) is 4.84. The smallest absolute Gasteiger partial charge is 0.262 e. The van der Waals surface area contributed by atoms with Crippen molar-refractivity contribution in [2.45, 2.75) is 38.8 Å². The van der Waals surface area contributed by atoms with Gasteiger partial charge in [0.1, 0.15) is 10.6 Å². The number of rotatable bonds is 4. The molecule has 1 atom stereocenters. The maximum atomic E-state index is 13.2. The standard InChI is InChI=1S/C23H27FN4OS/c1-2-26-9-11-27(12-10-26)18-7-8-19-20(13-18)30-22-21(19)23(29)28(15-25-22)14-16-3-5-17(24)6-4-16/h3-6,15,18H,2,7-14H2,1H3. The van der Waals surface area contributed by atoms with Crippen molar-refractivity contribution < 1.29 is 4.39 Å². The van der Waals surface area contributed by atoms with Crippen LogP contribution in [0, 0.1) is 5.82 Å².